The Bertz CT molecular complexity index is 1170. The van der Waals surface area contributed by atoms with Crippen LogP contribution in [0.5, 0.6) is 0 Å². The first-order valence-corrected chi connectivity index (χ1v) is 7.79. The van der Waals surface area contributed by atoms with Gasteiger partial charge < -0.3 is 8.83 Å². The number of benzene rings is 2. The minimum absolute atomic E-state index is 0.0500. The van der Waals surface area contributed by atoms with Gasteiger partial charge in [-0.1, -0.05) is 29.3 Å². The predicted molar refractivity (Wildman–Crippen MR) is 91.2 cm³/mol. The first kappa shape index (κ1) is 15.8. The first-order valence-electron chi connectivity index (χ1n) is 7.04. The third-order valence-corrected chi connectivity index (χ3v) is 3.98. The average Bonchev–Trinajstić information content (AvgIpc) is 3.05. The molecule has 0 unspecified atom stereocenters. The molecular formula is C17H7Cl2FN2O3. The molecule has 0 aliphatic heterocycles. The highest BCUT2D eigenvalue weighted by molar-refractivity contribution is 6.38. The van der Waals surface area contributed by atoms with E-state index in [1.165, 1.54) is 30.3 Å². The van der Waals surface area contributed by atoms with Crippen LogP contribution in [-0.4, -0.2) is 10.2 Å². The molecule has 0 saturated heterocycles. The molecule has 5 nitrogen and oxygen atoms in total. The monoisotopic (exact) mass is 376 g/mol. The Kier molecular flexibility index (Phi) is 3.78. The maximum Gasteiger partial charge on any atom is 0.349 e. The lowest BCUT2D eigenvalue weighted by Crippen LogP contribution is -2.03. The van der Waals surface area contributed by atoms with Gasteiger partial charge in [0.15, 0.2) is 5.58 Å². The Hall–Kier alpha value is -2.70. The fraction of sp³-hybridized carbons (Fsp3) is 0. The molecule has 2 aromatic heterocycles. The molecule has 0 saturated carbocycles. The minimum atomic E-state index is -0.689. The lowest BCUT2D eigenvalue weighted by molar-refractivity contribution is 0.547. The van der Waals surface area contributed by atoms with Crippen molar-refractivity contribution in [2.45, 2.75) is 0 Å². The van der Waals surface area contributed by atoms with Crippen molar-refractivity contribution in [2.24, 2.45) is 0 Å². The van der Waals surface area contributed by atoms with Gasteiger partial charge in [0, 0.05) is 16.0 Å². The molecule has 0 fully saturated rings. The van der Waals surface area contributed by atoms with E-state index in [0.717, 1.165) is 0 Å². The number of fused-ring (bicyclic) bond motifs is 1. The van der Waals surface area contributed by atoms with Crippen molar-refractivity contribution in [3.8, 4) is 22.9 Å². The maximum absolute atomic E-state index is 13.3. The number of aromatic nitrogens is 2. The Morgan fingerprint density at radius 2 is 1.76 bits per heavy atom. The number of hydrogen-bond donors (Lipinski definition) is 0. The van der Waals surface area contributed by atoms with E-state index >= 15 is 0 Å². The Labute approximate surface area is 149 Å². The van der Waals surface area contributed by atoms with Crippen LogP contribution in [0, 0.1) is 5.82 Å². The number of hydrogen-bond acceptors (Lipinski definition) is 5. The van der Waals surface area contributed by atoms with Gasteiger partial charge in [-0.25, -0.2) is 9.18 Å². The summed E-state index contributed by atoms with van der Waals surface area (Å²) < 4.78 is 24.0. The molecule has 0 spiro atoms. The van der Waals surface area contributed by atoms with Crippen LogP contribution in [0.2, 0.25) is 10.0 Å². The summed E-state index contributed by atoms with van der Waals surface area (Å²) in [6.45, 7) is 0. The van der Waals surface area contributed by atoms with Gasteiger partial charge >= 0.3 is 5.63 Å². The summed E-state index contributed by atoms with van der Waals surface area (Å²) in [6.07, 6.45) is 0. The molecule has 0 aliphatic carbocycles. The van der Waals surface area contributed by atoms with Gasteiger partial charge in [-0.15, -0.1) is 10.2 Å². The first-order chi connectivity index (χ1) is 12.0. The Morgan fingerprint density at radius 3 is 2.56 bits per heavy atom. The normalized spacial score (nSPS) is 11.2. The van der Waals surface area contributed by atoms with Crippen molar-refractivity contribution >= 4 is 34.2 Å². The quantitative estimate of drug-likeness (QED) is 0.462. The van der Waals surface area contributed by atoms with Crippen LogP contribution in [0.1, 0.15) is 0 Å². The lowest BCUT2D eigenvalue weighted by Gasteiger charge is -2.01. The van der Waals surface area contributed by atoms with Crippen molar-refractivity contribution in [3.05, 3.63) is 68.7 Å². The van der Waals surface area contributed by atoms with E-state index < -0.39 is 11.4 Å². The molecule has 0 amide bonds. The van der Waals surface area contributed by atoms with Gasteiger partial charge in [-0.05, 0) is 36.4 Å². The molecule has 0 radical (unpaired) electrons. The zero-order valence-corrected chi connectivity index (χ0v) is 13.8. The van der Waals surface area contributed by atoms with Gasteiger partial charge in [-0.2, -0.15) is 0 Å². The van der Waals surface area contributed by atoms with E-state index in [0.29, 0.717) is 16.0 Å². The fourth-order valence-electron chi connectivity index (χ4n) is 2.38. The molecule has 0 N–H and O–H groups in total. The van der Waals surface area contributed by atoms with Gasteiger partial charge in [0.1, 0.15) is 11.4 Å². The van der Waals surface area contributed by atoms with Crippen LogP contribution in [-0.2, 0) is 0 Å². The zero-order valence-electron chi connectivity index (χ0n) is 12.3. The second-order valence-electron chi connectivity index (χ2n) is 5.18. The highest BCUT2D eigenvalue weighted by atomic mass is 35.5. The summed E-state index contributed by atoms with van der Waals surface area (Å²) in [6, 6.07) is 10.3. The molecule has 4 rings (SSSR count). The van der Waals surface area contributed by atoms with E-state index in [4.69, 9.17) is 32.0 Å². The second kappa shape index (κ2) is 5.98. The second-order valence-corrected chi connectivity index (χ2v) is 6.02. The summed E-state index contributed by atoms with van der Waals surface area (Å²) in [4.78, 5) is 12.2. The highest BCUT2D eigenvalue weighted by Gasteiger charge is 2.17. The molecule has 0 bridgehead atoms. The zero-order chi connectivity index (χ0) is 17.6. The van der Waals surface area contributed by atoms with Crippen LogP contribution in [0.25, 0.3) is 33.9 Å². The van der Waals surface area contributed by atoms with Crippen molar-refractivity contribution in [1.29, 1.82) is 0 Å². The van der Waals surface area contributed by atoms with E-state index in [2.05, 4.69) is 10.2 Å². The smallest absolute Gasteiger partial charge is 0.349 e. The molecule has 2 heterocycles. The standard InChI is InChI=1S/C17H7Cl2FN2O3/c18-10-4-9-6-12(17(23)24-14(9)13(19)7-10)16-22-21-15(25-16)8-2-1-3-11(20)5-8/h1-7H. The van der Waals surface area contributed by atoms with Crippen molar-refractivity contribution in [3.63, 3.8) is 0 Å². The summed E-state index contributed by atoms with van der Waals surface area (Å²) in [5.41, 5.74) is -0.0214. The Morgan fingerprint density at radius 1 is 0.960 bits per heavy atom. The number of rotatable bonds is 2. The van der Waals surface area contributed by atoms with Crippen LogP contribution < -0.4 is 5.63 Å². The van der Waals surface area contributed by atoms with Crippen molar-refractivity contribution < 1.29 is 13.2 Å². The van der Waals surface area contributed by atoms with E-state index in [9.17, 15) is 9.18 Å². The van der Waals surface area contributed by atoms with Crippen LogP contribution in [0.3, 0.4) is 0 Å². The summed E-state index contributed by atoms with van der Waals surface area (Å²) in [7, 11) is 0. The van der Waals surface area contributed by atoms with Gasteiger partial charge in [0.25, 0.3) is 5.89 Å². The third-order valence-electron chi connectivity index (χ3n) is 3.48. The predicted octanol–water partition coefficient (Wildman–Crippen LogP) is 4.96. The fourth-order valence-corrected chi connectivity index (χ4v) is 2.92. The molecule has 2 aromatic carbocycles. The topological polar surface area (TPSA) is 69.1 Å². The average molecular weight is 377 g/mol. The lowest BCUT2D eigenvalue weighted by atomic mass is 10.2. The van der Waals surface area contributed by atoms with Crippen LogP contribution >= 0.6 is 23.2 Å². The van der Waals surface area contributed by atoms with Gasteiger partial charge in [0.05, 0.1) is 5.02 Å². The number of nitrogens with zero attached hydrogens (tertiary/aromatic N) is 2. The molecule has 0 aliphatic rings. The number of halogens is 3. The molecule has 8 heteroatoms. The largest absolute Gasteiger partial charge is 0.421 e. The van der Waals surface area contributed by atoms with Gasteiger partial charge in [-0.3, -0.25) is 0 Å². The summed E-state index contributed by atoms with van der Waals surface area (Å²) in [5, 5.41) is 8.81. The van der Waals surface area contributed by atoms with Crippen LogP contribution in [0.4, 0.5) is 4.39 Å². The summed E-state index contributed by atoms with van der Waals surface area (Å²) in [5.74, 6) is -0.407. The van der Waals surface area contributed by atoms with Gasteiger partial charge in [0.2, 0.25) is 5.89 Å². The SMILES string of the molecule is O=c1oc2c(Cl)cc(Cl)cc2cc1-c1nnc(-c2cccc(F)c2)o1. The molecular weight excluding hydrogens is 370 g/mol. The summed E-state index contributed by atoms with van der Waals surface area (Å²) >= 11 is 12.0. The molecule has 4 aromatic rings. The maximum atomic E-state index is 13.3. The molecule has 124 valence electrons. The molecule has 0 atom stereocenters. The minimum Gasteiger partial charge on any atom is -0.421 e. The van der Waals surface area contributed by atoms with E-state index in [1.54, 1.807) is 12.1 Å². The third kappa shape index (κ3) is 2.90. The van der Waals surface area contributed by atoms with Crippen molar-refractivity contribution in [1.82, 2.24) is 10.2 Å². The Balaban J connectivity index is 1.85. The molecule has 25 heavy (non-hydrogen) atoms. The van der Waals surface area contributed by atoms with Crippen LogP contribution in [0.15, 0.2) is 56.1 Å². The van der Waals surface area contributed by atoms with E-state index in [1.807, 2.05) is 0 Å². The van der Waals surface area contributed by atoms with Crippen molar-refractivity contribution in [2.75, 3.05) is 0 Å². The van der Waals surface area contributed by atoms with E-state index in [-0.39, 0.29) is 28.0 Å². The highest BCUT2D eigenvalue weighted by Crippen LogP contribution is 2.30.